The van der Waals surface area contributed by atoms with Crippen molar-refractivity contribution in [2.45, 2.75) is 47.1 Å². The first kappa shape index (κ1) is 19.1. The first-order chi connectivity index (χ1) is 9.57. The van der Waals surface area contributed by atoms with Crippen molar-refractivity contribution in [3.8, 4) is 0 Å². The van der Waals surface area contributed by atoms with E-state index in [1.807, 2.05) is 13.0 Å². The van der Waals surface area contributed by atoms with Crippen LogP contribution < -0.4 is 10.9 Å². The van der Waals surface area contributed by atoms with Gasteiger partial charge in [-0.1, -0.05) is 51.1 Å². The summed E-state index contributed by atoms with van der Waals surface area (Å²) in [5, 5.41) is 0. The van der Waals surface area contributed by atoms with Crippen LogP contribution in [0.25, 0.3) is 0 Å². The van der Waals surface area contributed by atoms with E-state index in [1.54, 1.807) is 0 Å². The molecule has 1 unspecified atom stereocenters. The highest BCUT2D eigenvalue weighted by Crippen LogP contribution is 2.09. The standard InChI is InChI=1S/C13H22N2O.C4H10/c1-3-16-11-7-10-14-15-12(2)13-8-5-4-6-9-13;1-4(2)3/h4-6,8-9,12,14-15H,3,7,10-11H2,1-2H3;4H,1-3H3. The maximum atomic E-state index is 5.26. The Balaban J connectivity index is 0.000000796. The molecule has 0 radical (unpaired) electrons. The fourth-order valence-electron chi connectivity index (χ4n) is 1.46. The number of hydrazine groups is 1. The van der Waals surface area contributed by atoms with Crippen molar-refractivity contribution in [2.24, 2.45) is 5.92 Å². The van der Waals surface area contributed by atoms with Gasteiger partial charge in [-0.05, 0) is 31.7 Å². The average molecular weight is 280 g/mol. The molecule has 0 bridgehead atoms. The van der Waals surface area contributed by atoms with E-state index < -0.39 is 0 Å². The molecule has 0 amide bonds. The summed E-state index contributed by atoms with van der Waals surface area (Å²) < 4.78 is 5.26. The average Bonchev–Trinajstić information content (AvgIpc) is 2.43. The molecule has 2 N–H and O–H groups in total. The van der Waals surface area contributed by atoms with Gasteiger partial charge in [0.05, 0.1) is 0 Å². The molecule has 0 aliphatic carbocycles. The summed E-state index contributed by atoms with van der Waals surface area (Å²) in [7, 11) is 0. The monoisotopic (exact) mass is 280 g/mol. The summed E-state index contributed by atoms with van der Waals surface area (Å²) in [4.78, 5) is 0. The van der Waals surface area contributed by atoms with E-state index in [0.717, 1.165) is 32.1 Å². The first-order valence-electron chi connectivity index (χ1n) is 7.69. The molecule has 1 rings (SSSR count). The maximum Gasteiger partial charge on any atom is 0.0478 e. The molecule has 0 spiro atoms. The SMILES string of the molecule is CC(C)C.CCOCCCNNC(C)c1ccccc1. The predicted molar refractivity (Wildman–Crippen MR) is 87.6 cm³/mol. The van der Waals surface area contributed by atoms with Crippen LogP contribution in [-0.2, 0) is 4.74 Å². The van der Waals surface area contributed by atoms with Gasteiger partial charge in [0.25, 0.3) is 0 Å². The minimum Gasteiger partial charge on any atom is -0.382 e. The maximum absolute atomic E-state index is 5.26. The highest BCUT2D eigenvalue weighted by atomic mass is 16.5. The van der Waals surface area contributed by atoms with Crippen molar-refractivity contribution < 1.29 is 4.74 Å². The Morgan fingerprint density at radius 2 is 1.65 bits per heavy atom. The zero-order valence-electron chi connectivity index (χ0n) is 13.8. The van der Waals surface area contributed by atoms with E-state index in [4.69, 9.17) is 4.74 Å². The molecule has 1 aromatic rings. The third-order valence-corrected chi connectivity index (χ3v) is 2.41. The highest BCUT2D eigenvalue weighted by Gasteiger charge is 2.01. The molecule has 0 aliphatic heterocycles. The Hall–Kier alpha value is -0.900. The molecule has 116 valence electrons. The first-order valence-corrected chi connectivity index (χ1v) is 7.69. The molecule has 0 saturated heterocycles. The molecular formula is C17H32N2O. The summed E-state index contributed by atoms with van der Waals surface area (Å²) in [6.07, 6.45) is 1.03. The Labute approximate surface area is 125 Å². The van der Waals surface area contributed by atoms with Gasteiger partial charge in [-0.25, -0.2) is 0 Å². The molecule has 0 aliphatic rings. The second-order valence-corrected chi connectivity index (χ2v) is 5.49. The van der Waals surface area contributed by atoms with E-state index in [-0.39, 0.29) is 0 Å². The third-order valence-electron chi connectivity index (χ3n) is 2.41. The summed E-state index contributed by atoms with van der Waals surface area (Å²) in [5.41, 5.74) is 7.77. The van der Waals surface area contributed by atoms with E-state index in [2.05, 4.69) is 62.8 Å². The van der Waals surface area contributed by atoms with Crippen molar-refractivity contribution in [1.29, 1.82) is 0 Å². The zero-order valence-corrected chi connectivity index (χ0v) is 13.8. The van der Waals surface area contributed by atoms with Gasteiger partial charge in [0, 0.05) is 25.8 Å². The van der Waals surface area contributed by atoms with Gasteiger partial charge in [-0.3, -0.25) is 10.9 Å². The largest absolute Gasteiger partial charge is 0.382 e. The van der Waals surface area contributed by atoms with Crippen LogP contribution >= 0.6 is 0 Å². The molecular weight excluding hydrogens is 248 g/mol. The van der Waals surface area contributed by atoms with Crippen LogP contribution in [0.2, 0.25) is 0 Å². The molecule has 0 fully saturated rings. The van der Waals surface area contributed by atoms with Crippen molar-refractivity contribution in [3.63, 3.8) is 0 Å². The van der Waals surface area contributed by atoms with Crippen molar-refractivity contribution in [3.05, 3.63) is 35.9 Å². The second kappa shape index (κ2) is 13.1. The summed E-state index contributed by atoms with van der Waals surface area (Å²) in [6.45, 7) is 13.2. The molecule has 3 heteroatoms. The van der Waals surface area contributed by atoms with Gasteiger partial charge in [0.15, 0.2) is 0 Å². The Morgan fingerprint density at radius 3 is 2.20 bits per heavy atom. The van der Waals surface area contributed by atoms with Crippen LogP contribution in [-0.4, -0.2) is 19.8 Å². The lowest BCUT2D eigenvalue weighted by Crippen LogP contribution is -2.35. The Kier molecular flexibility index (Phi) is 12.5. The summed E-state index contributed by atoms with van der Waals surface area (Å²) in [6, 6.07) is 10.7. The highest BCUT2D eigenvalue weighted by molar-refractivity contribution is 5.17. The summed E-state index contributed by atoms with van der Waals surface area (Å²) >= 11 is 0. The van der Waals surface area contributed by atoms with Crippen LogP contribution in [0.15, 0.2) is 30.3 Å². The molecule has 3 nitrogen and oxygen atoms in total. The predicted octanol–water partition coefficient (Wildman–Crippen LogP) is 3.93. The van der Waals surface area contributed by atoms with Crippen molar-refractivity contribution in [1.82, 2.24) is 10.9 Å². The third kappa shape index (κ3) is 12.2. The lowest BCUT2D eigenvalue weighted by Gasteiger charge is -2.15. The van der Waals surface area contributed by atoms with Crippen LogP contribution in [0.3, 0.4) is 0 Å². The van der Waals surface area contributed by atoms with Gasteiger partial charge in [0.2, 0.25) is 0 Å². The van der Waals surface area contributed by atoms with E-state index in [0.29, 0.717) is 6.04 Å². The van der Waals surface area contributed by atoms with Gasteiger partial charge >= 0.3 is 0 Å². The van der Waals surface area contributed by atoms with E-state index in [9.17, 15) is 0 Å². The van der Waals surface area contributed by atoms with Crippen molar-refractivity contribution in [2.75, 3.05) is 19.8 Å². The van der Waals surface area contributed by atoms with Crippen molar-refractivity contribution >= 4 is 0 Å². The van der Waals surface area contributed by atoms with Crippen LogP contribution in [0.1, 0.15) is 52.6 Å². The lowest BCUT2D eigenvalue weighted by molar-refractivity contribution is 0.143. The van der Waals surface area contributed by atoms with Gasteiger partial charge in [-0.15, -0.1) is 0 Å². The van der Waals surface area contributed by atoms with Gasteiger partial charge in [-0.2, -0.15) is 0 Å². The quantitative estimate of drug-likeness (QED) is 0.559. The number of rotatable bonds is 8. The minimum atomic E-state index is 0.327. The number of ether oxygens (including phenoxy) is 1. The fraction of sp³-hybridized carbons (Fsp3) is 0.647. The fourth-order valence-corrected chi connectivity index (χ4v) is 1.46. The normalized spacial score (nSPS) is 11.9. The molecule has 0 saturated carbocycles. The van der Waals surface area contributed by atoms with Crippen LogP contribution in [0.5, 0.6) is 0 Å². The number of benzene rings is 1. The zero-order chi connectivity index (χ0) is 15.2. The lowest BCUT2D eigenvalue weighted by atomic mass is 10.1. The summed E-state index contributed by atoms with van der Waals surface area (Å²) in [5.74, 6) is 0.833. The molecule has 1 atom stereocenters. The molecule has 0 heterocycles. The van der Waals surface area contributed by atoms with Crippen LogP contribution in [0, 0.1) is 5.92 Å². The Bertz CT molecular complexity index is 298. The number of hydrogen-bond acceptors (Lipinski definition) is 3. The number of hydrogen-bond donors (Lipinski definition) is 2. The van der Waals surface area contributed by atoms with Gasteiger partial charge < -0.3 is 4.74 Å². The molecule has 0 aromatic heterocycles. The van der Waals surface area contributed by atoms with E-state index in [1.165, 1.54) is 5.56 Å². The minimum absolute atomic E-state index is 0.327. The van der Waals surface area contributed by atoms with Gasteiger partial charge in [0.1, 0.15) is 0 Å². The molecule has 20 heavy (non-hydrogen) atoms. The second-order valence-electron chi connectivity index (χ2n) is 5.49. The van der Waals surface area contributed by atoms with Crippen LogP contribution in [0.4, 0.5) is 0 Å². The Morgan fingerprint density at radius 1 is 1.05 bits per heavy atom. The number of nitrogens with one attached hydrogen (secondary N) is 2. The topological polar surface area (TPSA) is 33.3 Å². The van der Waals surface area contributed by atoms with E-state index >= 15 is 0 Å². The smallest absolute Gasteiger partial charge is 0.0478 e. The molecule has 1 aromatic carbocycles.